The van der Waals surface area contributed by atoms with E-state index in [-0.39, 0.29) is 16.6 Å². The van der Waals surface area contributed by atoms with E-state index in [2.05, 4.69) is 13.8 Å². The number of benzene rings is 1. The number of nitro benzene ring substituents is 1. The molecule has 158 valence electrons. The maximum absolute atomic E-state index is 11.8. The number of esters is 1. The van der Waals surface area contributed by atoms with Gasteiger partial charge in [0.2, 0.25) is 0 Å². The van der Waals surface area contributed by atoms with Gasteiger partial charge in [0.15, 0.2) is 0 Å². The van der Waals surface area contributed by atoms with Crippen molar-refractivity contribution >= 4 is 23.4 Å². The van der Waals surface area contributed by atoms with Gasteiger partial charge >= 0.3 is 5.97 Å². The van der Waals surface area contributed by atoms with Crippen molar-refractivity contribution in [2.24, 2.45) is 0 Å². The van der Waals surface area contributed by atoms with E-state index in [9.17, 15) is 14.9 Å². The minimum absolute atomic E-state index is 0.0163. The van der Waals surface area contributed by atoms with Gasteiger partial charge in [-0.2, -0.15) is 0 Å². The minimum atomic E-state index is -0.479. The summed E-state index contributed by atoms with van der Waals surface area (Å²) in [6.07, 6.45) is 9.54. The van der Waals surface area contributed by atoms with E-state index in [0.717, 1.165) is 25.0 Å². The number of hydrogen-bond donors (Lipinski definition) is 0. The molecule has 0 amide bonds. The number of rotatable bonds is 15. The molecule has 0 N–H and O–H groups in total. The van der Waals surface area contributed by atoms with E-state index in [1.165, 1.54) is 56.4 Å². The number of carbonyl (C=O) groups is 1. The zero-order chi connectivity index (χ0) is 20.8. The van der Waals surface area contributed by atoms with E-state index in [4.69, 9.17) is 9.47 Å². The molecule has 7 heteroatoms. The molecule has 0 aliphatic heterocycles. The van der Waals surface area contributed by atoms with Crippen molar-refractivity contribution in [2.45, 2.75) is 76.6 Å². The van der Waals surface area contributed by atoms with Crippen LogP contribution in [-0.4, -0.2) is 28.7 Å². The van der Waals surface area contributed by atoms with Crippen molar-refractivity contribution in [3.05, 3.63) is 34.4 Å². The summed E-state index contributed by atoms with van der Waals surface area (Å²) < 4.78 is 10.6. The lowest BCUT2D eigenvalue weighted by Crippen LogP contribution is -2.17. The molecule has 0 heterocycles. The van der Waals surface area contributed by atoms with E-state index < -0.39 is 4.92 Å². The van der Waals surface area contributed by atoms with Crippen LogP contribution in [0.15, 0.2) is 24.3 Å². The molecule has 6 nitrogen and oxygen atoms in total. The maximum Gasteiger partial charge on any atom is 0.311 e. The van der Waals surface area contributed by atoms with Gasteiger partial charge in [0.25, 0.3) is 5.69 Å². The van der Waals surface area contributed by atoms with Crippen LogP contribution < -0.4 is 4.74 Å². The molecule has 0 aliphatic rings. The Bertz CT molecular complexity index is 589. The molecule has 0 unspecified atom stereocenters. The quantitative estimate of drug-likeness (QED) is 0.0863. The van der Waals surface area contributed by atoms with Crippen molar-refractivity contribution in [1.82, 2.24) is 0 Å². The maximum atomic E-state index is 11.8. The highest BCUT2D eigenvalue weighted by molar-refractivity contribution is 8.00. The fourth-order valence-corrected chi connectivity index (χ4v) is 3.59. The topological polar surface area (TPSA) is 78.7 Å². The molecule has 1 aromatic carbocycles. The average molecular weight is 412 g/mol. The standard InChI is InChI=1S/C21H33NO5S/c1-21(2,26-3)28-17-11-9-7-5-4-6-8-10-12-20(23)27-19-15-13-18(14-16-19)22(24)25/h13-16H,4-12,17H2,1-3H3. The number of thioether (sulfide) groups is 1. The lowest BCUT2D eigenvalue weighted by atomic mass is 10.1. The van der Waals surface area contributed by atoms with E-state index in [1.807, 2.05) is 11.8 Å². The third-order valence-corrected chi connectivity index (χ3v) is 5.85. The number of hydrogen-bond acceptors (Lipinski definition) is 6. The van der Waals surface area contributed by atoms with Crippen LogP contribution in [0.25, 0.3) is 0 Å². The first kappa shape index (κ1) is 24.4. The molecule has 0 radical (unpaired) electrons. The normalized spacial score (nSPS) is 11.4. The third kappa shape index (κ3) is 11.3. The predicted molar refractivity (Wildman–Crippen MR) is 114 cm³/mol. The number of carbonyl (C=O) groups excluding carboxylic acids is 1. The number of non-ortho nitro benzene ring substituents is 1. The number of nitrogens with zero attached hydrogens (tertiary/aromatic N) is 1. The van der Waals surface area contributed by atoms with Crippen molar-refractivity contribution in [1.29, 1.82) is 0 Å². The lowest BCUT2D eigenvalue weighted by molar-refractivity contribution is -0.384. The smallest absolute Gasteiger partial charge is 0.311 e. The molecule has 0 atom stereocenters. The Hall–Kier alpha value is -1.60. The number of nitro groups is 1. The first-order valence-electron chi connectivity index (χ1n) is 9.98. The van der Waals surface area contributed by atoms with Gasteiger partial charge in [-0.25, -0.2) is 0 Å². The van der Waals surface area contributed by atoms with Crippen LogP contribution in [-0.2, 0) is 9.53 Å². The van der Waals surface area contributed by atoms with Crippen LogP contribution in [0.3, 0.4) is 0 Å². The zero-order valence-corrected chi connectivity index (χ0v) is 18.1. The Kier molecular flexibility index (Phi) is 11.8. The highest BCUT2D eigenvalue weighted by atomic mass is 32.2. The van der Waals surface area contributed by atoms with Crippen LogP contribution >= 0.6 is 11.8 Å². The SMILES string of the molecule is COC(C)(C)SCCCCCCCCCCC(=O)Oc1ccc([N+](=O)[O-])cc1. The van der Waals surface area contributed by atoms with Gasteiger partial charge in [-0.15, -0.1) is 11.8 Å². The molecule has 0 fully saturated rings. The van der Waals surface area contributed by atoms with Gasteiger partial charge in [0.05, 0.1) is 4.92 Å². The Morgan fingerprint density at radius 2 is 1.54 bits per heavy atom. The zero-order valence-electron chi connectivity index (χ0n) is 17.3. The molecule has 1 rings (SSSR count). The summed E-state index contributed by atoms with van der Waals surface area (Å²) in [5, 5.41) is 10.6. The first-order chi connectivity index (χ1) is 13.3. The van der Waals surface area contributed by atoms with E-state index in [1.54, 1.807) is 7.11 Å². The summed E-state index contributed by atoms with van der Waals surface area (Å²) in [5.41, 5.74) is -0.0163. The summed E-state index contributed by atoms with van der Waals surface area (Å²) in [5.74, 6) is 1.20. The number of ether oxygens (including phenoxy) is 2. The van der Waals surface area contributed by atoms with Crippen molar-refractivity contribution in [2.75, 3.05) is 12.9 Å². The van der Waals surface area contributed by atoms with E-state index in [0.29, 0.717) is 12.2 Å². The lowest BCUT2D eigenvalue weighted by Gasteiger charge is -2.21. The van der Waals surface area contributed by atoms with Gasteiger partial charge in [-0.05, 0) is 44.6 Å². The molecular formula is C21H33NO5S. The van der Waals surface area contributed by atoms with Crippen LogP contribution in [0.5, 0.6) is 5.75 Å². The molecule has 0 bridgehead atoms. The monoisotopic (exact) mass is 411 g/mol. The molecular weight excluding hydrogens is 378 g/mol. The second-order valence-electron chi connectivity index (χ2n) is 7.26. The van der Waals surface area contributed by atoms with Crippen LogP contribution in [0.4, 0.5) is 5.69 Å². The summed E-state index contributed by atoms with van der Waals surface area (Å²) >= 11 is 1.86. The van der Waals surface area contributed by atoms with E-state index >= 15 is 0 Å². The van der Waals surface area contributed by atoms with Gasteiger partial charge in [-0.1, -0.05) is 38.5 Å². The largest absolute Gasteiger partial charge is 0.427 e. The second-order valence-corrected chi connectivity index (χ2v) is 8.94. The number of unbranched alkanes of at least 4 members (excludes halogenated alkanes) is 7. The summed E-state index contributed by atoms with van der Waals surface area (Å²) in [4.78, 5) is 21.8. The average Bonchev–Trinajstić information content (AvgIpc) is 2.66. The fraction of sp³-hybridized carbons (Fsp3) is 0.667. The Morgan fingerprint density at radius 1 is 1.00 bits per heavy atom. The molecule has 28 heavy (non-hydrogen) atoms. The van der Waals surface area contributed by atoms with Gasteiger partial charge < -0.3 is 9.47 Å². The highest BCUT2D eigenvalue weighted by Crippen LogP contribution is 2.26. The van der Waals surface area contributed by atoms with Crippen LogP contribution in [0, 0.1) is 10.1 Å². The van der Waals surface area contributed by atoms with Crippen LogP contribution in [0.1, 0.15) is 71.6 Å². The van der Waals surface area contributed by atoms with Gasteiger partial charge in [-0.3, -0.25) is 14.9 Å². The molecule has 0 saturated carbocycles. The molecule has 1 aromatic rings. The van der Waals surface area contributed by atoms with Gasteiger partial charge in [0, 0.05) is 25.7 Å². The highest BCUT2D eigenvalue weighted by Gasteiger charge is 2.15. The first-order valence-corrected chi connectivity index (χ1v) is 11.0. The van der Waals surface area contributed by atoms with Crippen molar-refractivity contribution in [3.63, 3.8) is 0 Å². The van der Waals surface area contributed by atoms with Crippen molar-refractivity contribution < 1.29 is 19.2 Å². The molecule has 0 saturated heterocycles. The summed E-state index contributed by atoms with van der Waals surface area (Å²) in [7, 11) is 1.75. The Labute approximate surface area is 172 Å². The minimum Gasteiger partial charge on any atom is -0.427 e. The summed E-state index contributed by atoms with van der Waals surface area (Å²) in [6.45, 7) is 4.19. The molecule has 0 aliphatic carbocycles. The Morgan fingerprint density at radius 3 is 2.07 bits per heavy atom. The summed E-state index contributed by atoms with van der Waals surface area (Å²) in [6, 6.07) is 5.56. The molecule has 0 spiro atoms. The van der Waals surface area contributed by atoms with Gasteiger partial charge in [0.1, 0.15) is 10.7 Å². The predicted octanol–water partition coefficient (Wildman–Crippen LogP) is 6.13. The Balaban J connectivity index is 1.97. The fourth-order valence-electron chi connectivity index (χ4n) is 2.63. The number of methoxy groups -OCH3 is 1. The molecule has 0 aromatic heterocycles. The van der Waals surface area contributed by atoms with Crippen LogP contribution in [0.2, 0.25) is 0 Å². The second kappa shape index (κ2) is 13.6. The third-order valence-electron chi connectivity index (χ3n) is 4.50. The van der Waals surface area contributed by atoms with Crippen molar-refractivity contribution in [3.8, 4) is 5.75 Å².